The van der Waals surface area contributed by atoms with E-state index in [1.54, 1.807) is 0 Å². The van der Waals surface area contributed by atoms with Crippen LogP contribution in [0.2, 0.25) is 0 Å². The molecule has 0 heterocycles. The van der Waals surface area contributed by atoms with Gasteiger partial charge >= 0.3 is 103 Å². The smallest absolute Gasteiger partial charge is 1.00 e. The van der Waals surface area contributed by atoms with Gasteiger partial charge in [0.2, 0.25) is 0 Å². The van der Waals surface area contributed by atoms with Crippen LogP contribution >= 0.6 is 0 Å². The Morgan fingerprint density at radius 2 is 0.667 bits per heavy atom. The van der Waals surface area contributed by atoms with Crippen molar-refractivity contribution in [1.29, 1.82) is 31.6 Å². The Morgan fingerprint density at radius 1 is 0.533 bits per heavy atom. The van der Waals surface area contributed by atoms with Gasteiger partial charge in [0.05, 0.1) is 0 Å². The minimum Gasteiger partial charge on any atom is 1.00 e. The fourth-order valence-corrected chi connectivity index (χ4v) is 1.09. The van der Waals surface area contributed by atoms with Crippen LogP contribution in [0.3, 0.4) is 0 Å². The predicted molar refractivity (Wildman–Crippen MR) is 41.0 cm³/mol. The van der Waals surface area contributed by atoms with Crippen molar-refractivity contribution < 1.29 is 27.8 Å². The fourth-order valence-electron chi connectivity index (χ4n) is 0.265. The summed E-state index contributed by atoms with van der Waals surface area (Å²) in [6.45, 7) is 0. The van der Waals surface area contributed by atoms with Crippen molar-refractivity contribution in [1.82, 2.24) is 0 Å². The van der Waals surface area contributed by atoms with Gasteiger partial charge in [-0.05, 0) is 0 Å². The second-order valence-corrected chi connectivity index (χ2v) is 7.42. The van der Waals surface area contributed by atoms with Crippen molar-refractivity contribution in [2.45, 2.75) is 0 Å². The molecule has 0 fully saturated rings. The van der Waals surface area contributed by atoms with Gasteiger partial charge in [-0.15, -0.1) is 0 Å². The van der Waals surface area contributed by atoms with E-state index < -0.39 is 10.7 Å². The first-order valence-corrected chi connectivity index (χ1v) is 5.71. The maximum Gasteiger partial charge on any atom is 3.00 e. The minimum absolute atomic E-state index is 0. The van der Waals surface area contributed by atoms with Crippen LogP contribution in [0.5, 0.6) is 0 Å². The van der Waals surface area contributed by atoms with Crippen molar-refractivity contribution in [3.8, 4) is 29.8 Å². The summed E-state index contributed by atoms with van der Waals surface area (Å²) < 4.78 is 0. The first kappa shape index (κ1) is 19.0. The molecular formula is C6Fe2N6S. The van der Waals surface area contributed by atoms with Crippen LogP contribution in [-0.4, -0.2) is 0 Å². The van der Waals surface area contributed by atoms with Crippen LogP contribution in [0.4, 0.5) is 0 Å². The molecule has 0 saturated heterocycles. The average Bonchev–Trinajstić information content (AvgIpc) is 2.26. The van der Waals surface area contributed by atoms with E-state index >= 15 is 0 Å². The van der Waals surface area contributed by atoms with Crippen LogP contribution in [0, 0.1) is 61.4 Å². The third-order valence-electron chi connectivity index (χ3n) is 1.19. The molecule has 0 bridgehead atoms. The number of nitriles is 6. The molecule has 0 aliphatic heterocycles. The van der Waals surface area contributed by atoms with Gasteiger partial charge in [-0.25, -0.2) is 0 Å². The van der Waals surface area contributed by atoms with E-state index in [1.807, 2.05) is 0 Å². The Balaban J connectivity index is -0.000000720. The maximum absolute atomic E-state index is 8.58. The van der Waals surface area contributed by atoms with E-state index in [0.29, 0.717) is 0 Å². The van der Waals surface area contributed by atoms with Crippen LogP contribution in [0.1, 0.15) is 0 Å². The minimum atomic E-state index is -6.17. The first-order valence-electron chi connectivity index (χ1n) is 2.40. The van der Waals surface area contributed by atoms with E-state index in [0.717, 1.165) is 29.8 Å². The summed E-state index contributed by atoms with van der Waals surface area (Å²) in [4.78, 5) is 6.19. The zero-order valence-corrected chi connectivity index (χ0v) is 9.82. The molecule has 0 N–H and O–H groups in total. The molecule has 0 aromatic rings. The van der Waals surface area contributed by atoms with E-state index in [2.05, 4.69) is 0 Å². The quantitative estimate of drug-likeness (QED) is 0.458. The van der Waals surface area contributed by atoms with Crippen LogP contribution in [0.25, 0.3) is 0 Å². The van der Waals surface area contributed by atoms with Crippen LogP contribution < -0.4 is 0 Å². The van der Waals surface area contributed by atoms with E-state index in [9.17, 15) is 0 Å². The standard InChI is InChI=1S/6CN.2Fe.S/c6*1-2;;;/q;;;;;;-4;+3;+1. The van der Waals surface area contributed by atoms with Gasteiger partial charge in [0.25, 0.3) is 0 Å². The Bertz CT molecular complexity index is 395. The van der Waals surface area contributed by atoms with E-state index in [-0.39, 0.29) is 30.6 Å². The van der Waals surface area contributed by atoms with Crippen molar-refractivity contribution in [2.75, 3.05) is 0 Å². The number of hydrogen-bond donors (Lipinski definition) is 0. The van der Waals surface area contributed by atoms with Crippen LogP contribution in [-0.2, 0) is 41.3 Å². The molecule has 0 amide bonds. The molecule has 9 heteroatoms. The van der Waals surface area contributed by atoms with Gasteiger partial charge < -0.3 is 0 Å². The molecule has 0 saturated carbocycles. The van der Waals surface area contributed by atoms with Crippen molar-refractivity contribution in [3.05, 3.63) is 0 Å². The molecule has 0 atom stereocenters. The molecule has 0 aliphatic rings. The molecule has 0 aliphatic carbocycles. The normalized spacial score (nSPS) is 11.6. The van der Waals surface area contributed by atoms with Gasteiger partial charge in [0.15, 0.2) is 0 Å². The maximum atomic E-state index is 8.58. The van der Waals surface area contributed by atoms with Crippen molar-refractivity contribution in [3.63, 3.8) is 0 Å². The van der Waals surface area contributed by atoms with E-state index in [1.165, 1.54) is 0 Å². The number of nitrogens with zero attached hydrogens (tertiary/aromatic N) is 6. The molecular weight excluding hydrogens is 300 g/mol. The Hall–Kier alpha value is -1.67. The van der Waals surface area contributed by atoms with Crippen molar-refractivity contribution >= 4 is 13.5 Å². The van der Waals surface area contributed by atoms with Crippen LogP contribution in [0.15, 0.2) is 0 Å². The van der Waals surface area contributed by atoms with Gasteiger partial charge in [-0.2, -0.15) is 0 Å². The summed E-state index contributed by atoms with van der Waals surface area (Å²) in [5.41, 5.74) is 0. The number of hydrogen-bond acceptors (Lipinski definition) is 6. The summed E-state index contributed by atoms with van der Waals surface area (Å²) >= 11 is 0. The molecule has 6 nitrogen and oxygen atoms in total. The number of rotatable bonds is 0. The van der Waals surface area contributed by atoms with E-state index in [4.69, 9.17) is 31.6 Å². The predicted octanol–water partition coefficient (Wildman–Crippen LogP) is 0.0933. The first-order chi connectivity index (χ1) is 5.97. The summed E-state index contributed by atoms with van der Waals surface area (Å²) in [6.07, 6.45) is 0. The third kappa shape index (κ3) is 1.64. The molecule has 0 aromatic heterocycles. The molecule has 0 aromatic carbocycles. The summed E-state index contributed by atoms with van der Waals surface area (Å²) in [5, 5.41) is 51.5. The monoisotopic (exact) mass is 300 g/mol. The summed E-state index contributed by atoms with van der Waals surface area (Å²) in [6, 6.07) is 0. The Kier molecular flexibility index (Phi) is 5.36. The SMILES string of the molecule is N#[C][Fe-4]([C]#N)([C]#N)([C]#N)([C]#N)[C]#N.[Fe+3].[S+]. The van der Waals surface area contributed by atoms with Gasteiger partial charge in [-0.3, -0.25) is 0 Å². The Morgan fingerprint density at radius 3 is 0.667 bits per heavy atom. The summed E-state index contributed by atoms with van der Waals surface area (Å²) in [7, 11) is -6.17. The molecule has 0 rings (SSSR count). The molecule has 15 heavy (non-hydrogen) atoms. The third-order valence-corrected chi connectivity index (χ3v) is 4.89. The second-order valence-electron chi connectivity index (χ2n) is 1.80. The molecule has 0 spiro atoms. The zero-order chi connectivity index (χ0) is 10.7. The topological polar surface area (TPSA) is 143 Å². The average molecular weight is 300 g/mol. The van der Waals surface area contributed by atoms with Gasteiger partial charge in [0.1, 0.15) is 0 Å². The largest absolute Gasteiger partial charge is 3.00 e. The molecule has 76 valence electrons. The second kappa shape index (κ2) is 4.24. The Labute approximate surface area is 102 Å². The fraction of sp³-hybridized carbons (Fsp3) is 0. The molecule has 0 unspecified atom stereocenters. The molecule has 4 radical (unpaired) electrons. The zero-order valence-electron chi connectivity index (χ0n) is 6.80. The van der Waals surface area contributed by atoms with Gasteiger partial charge in [-0.1, -0.05) is 0 Å². The summed E-state index contributed by atoms with van der Waals surface area (Å²) in [5.74, 6) is 0. The van der Waals surface area contributed by atoms with Gasteiger partial charge in [0, 0.05) is 0 Å². The van der Waals surface area contributed by atoms with Crippen molar-refractivity contribution in [2.24, 2.45) is 0 Å².